The molecule has 0 radical (unpaired) electrons. The summed E-state index contributed by atoms with van der Waals surface area (Å²) in [6, 6.07) is 12.8. The molecule has 0 atom stereocenters. The minimum atomic E-state index is -0.497. The number of fused-ring (bicyclic) bond motifs is 2. The molecule has 4 rings (SSSR count). The molecule has 0 aliphatic carbocycles. The lowest BCUT2D eigenvalue weighted by molar-refractivity contribution is -0.132. The van der Waals surface area contributed by atoms with Gasteiger partial charge in [0.1, 0.15) is 0 Å². The van der Waals surface area contributed by atoms with Gasteiger partial charge in [-0.05, 0) is 36.8 Å². The first kappa shape index (κ1) is 15.5. The molecule has 0 aliphatic rings. The number of hydrogen-bond acceptors (Lipinski definition) is 6. The number of nitrogens with zero attached hydrogens (tertiary/aromatic N) is 3. The van der Waals surface area contributed by atoms with Gasteiger partial charge in [-0.2, -0.15) is 4.68 Å². The summed E-state index contributed by atoms with van der Waals surface area (Å²) in [5, 5.41) is 5.59. The van der Waals surface area contributed by atoms with E-state index in [9.17, 15) is 9.59 Å². The van der Waals surface area contributed by atoms with Gasteiger partial charge in [0.25, 0.3) is 5.56 Å². The maximum Gasteiger partial charge on any atom is 0.309 e. The first-order valence-electron chi connectivity index (χ1n) is 7.61. The Morgan fingerprint density at radius 3 is 2.68 bits per heavy atom. The van der Waals surface area contributed by atoms with E-state index in [-0.39, 0.29) is 11.4 Å². The van der Waals surface area contributed by atoms with Gasteiger partial charge in [-0.15, -0.1) is 5.10 Å². The Kier molecular flexibility index (Phi) is 3.58. The number of aryl methyl sites for hydroxylation is 1. The maximum atomic E-state index is 12.8. The van der Waals surface area contributed by atoms with Gasteiger partial charge >= 0.3 is 5.97 Å². The van der Waals surface area contributed by atoms with Crippen LogP contribution in [0.3, 0.4) is 0 Å². The summed E-state index contributed by atoms with van der Waals surface area (Å²) in [5.41, 5.74) is 1.59. The van der Waals surface area contributed by atoms with Crippen LogP contribution < -0.4 is 10.3 Å². The minimum absolute atomic E-state index is 0.0955. The van der Waals surface area contributed by atoms with E-state index in [1.807, 2.05) is 25.1 Å². The second-order valence-electron chi connectivity index (χ2n) is 5.63. The zero-order chi connectivity index (χ0) is 17.6. The van der Waals surface area contributed by atoms with Gasteiger partial charge in [0.05, 0.1) is 21.0 Å². The molecule has 0 saturated carbocycles. The van der Waals surface area contributed by atoms with Gasteiger partial charge < -0.3 is 4.74 Å². The lowest BCUT2D eigenvalue weighted by Gasteiger charge is -2.07. The first-order valence-corrected chi connectivity index (χ1v) is 8.42. The Balaban J connectivity index is 2.01. The average molecular weight is 351 g/mol. The lowest BCUT2D eigenvalue weighted by Crippen LogP contribution is -2.22. The Labute approximate surface area is 146 Å². The van der Waals surface area contributed by atoms with E-state index in [0.717, 1.165) is 15.8 Å². The summed E-state index contributed by atoms with van der Waals surface area (Å²) in [5.74, 6) is -0.402. The van der Waals surface area contributed by atoms with E-state index in [2.05, 4.69) is 10.1 Å². The van der Waals surface area contributed by atoms with Crippen molar-refractivity contribution in [1.29, 1.82) is 0 Å². The van der Waals surface area contributed by atoms with E-state index < -0.39 is 5.97 Å². The van der Waals surface area contributed by atoms with Gasteiger partial charge in [0, 0.05) is 6.92 Å². The van der Waals surface area contributed by atoms with E-state index in [0.29, 0.717) is 15.9 Å². The van der Waals surface area contributed by atoms with Crippen LogP contribution in [-0.2, 0) is 4.79 Å². The minimum Gasteiger partial charge on any atom is -0.405 e. The molecule has 6 nitrogen and oxygen atoms in total. The summed E-state index contributed by atoms with van der Waals surface area (Å²) in [6.45, 7) is 3.28. The van der Waals surface area contributed by atoms with Crippen molar-refractivity contribution in [2.45, 2.75) is 13.8 Å². The monoisotopic (exact) mass is 351 g/mol. The highest BCUT2D eigenvalue weighted by molar-refractivity contribution is 7.20. The van der Waals surface area contributed by atoms with Crippen LogP contribution in [0.2, 0.25) is 0 Å². The number of ether oxygens (including phenoxy) is 1. The van der Waals surface area contributed by atoms with Crippen LogP contribution in [0.4, 0.5) is 0 Å². The molecule has 7 heteroatoms. The topological polar surface area (TPSA) is 74.1 Å². The normalized spacial score (nSPS) is 11.1. The van der Waals surface area contributed by atoms with E-state index in [1.165, 1.54) is 22.9 Å². The number of aromatic nitrogens is 3. The Morgan fingerprint density at radius 2 is 1.92 bits per heavy atom. The molecule has 2 aromatic carbocycles. The molecule has 0 amide bonds. The van der Waals surface area contributed by atoms with E-state index in [4.69, 9.17) is 4.74 Å². The molecule has 0 bridgehead atoms. The van der Waals surface area contributed by atoms with Gasteiger partial charge in [-0.3, -0.25) is 9.59 Å². The number of esters is 1. The van der Waals surface area contributed by atoms with E-state index >= 15 is 0 Å². The van der Waals surface area contributed by atoms with Crippen molar-refractivity contribution < 1.29 is 9.53 Å². The molecule has 0 spiro atoms. The maximum absolute atomic E-state index is 12.8. The third-order valence-corrected chi connectivity index (χ3v) is 4.74. The summed E-state index contributed by atoms with van der Waals surface area (Å²) in [6.07, 6.45) is 0. The van der Waals surface area contributed by atoms with Crippen molar-refractivity contribution in [3.05, 3.63) is 58.4 Å². The number of thiazole rings is 1. The highest BCUT2D eigenvalue weighted by atomic mass is 32.1. The van der Waals surface area contributed by atoms with Gasteiger partial charge in [0.2, 0.25) is 11.0 Å². The standard InChI is InChI=1S/C18H13N3O3S/c1-10-7-8-15-14(9-10)19-18(25-15)21-17(23)13-6-4-3-5-12(13)16(20-21)24-11(2)22/h3-9H,1-2H3. The van der Waals surface area contributed by atoms with Crippen LogP contribution >= 0.6 is 11.3 Å². The summed E-state index contributed by atoms with van der Waals surface area (Å²) in [7, 11) is 0. The summed E-state index contributed by atoms with van der Waals surface area (Å²) < 4.78 is 7.36. The van der Waals surface area contributed by atoms with Crippen molar-refractivity contribution in [2.24, 2.45) is 0 Å². The fraction of sp³-hybridized carbons (Fsp3) is 0.111. The molecule has 0 N–H and O–H groups in total. The largest absolute Gasteiger partial charge is 0.405 e. The Morgan fingerprint density at radius 1 is 1.16 bits per heavy atom. The zero-order valence-corrected chi connectivity index (χ0v) is 14.3. The van der Waals surface area contributed by atoms with Crippen LogP contribution in [-0.4, -0.2) is 20.7 Å². The van der Waals surface area contributed by atoms with E-state index in [1.54, 1.807) is 24.3 Å². The van der Waals surface area contributed by atoms with Gasteiger partial charge in [0.15, 0.2) is 0 Å². The molecule has 2 heterocycles. The molecule has 0 fully saturated rings. The quantitative estimate of drug-likeness (QED) is 0.518. The van der Waals surface area contributed by atoms with Crippen LogP contribution in [0.5, 0.6) is 5.88 Å². The molecular weight excluding hydrogens is 338 g/mol. The fourth-order valence-corrected chi connectivity index (χ4v) is 3.51. The number of carbonyl (C=O) groups is 1. The predicted octanol–water partition coefficient (Wildman–Crippen LogP) is 3.23. The van der Waals surface area contributed by atoms with Gasteiger partial charge in [-0.1, -0.05) is 29.5 Å². The third-order valence-electron chi connectivity index (χ3n) is 3.72. The fourth-order valence-electron chi connectivity index (χ4n) is 2.62. The molecule has 4 aromatic rings. The number of rotatable bonds is 2. The molecule has 124 valence electrons. The molecular formula is C18H13N3O3S. The van der Waals surface area contributed by atoms with Crippen molar-refractivity contribution >= 4 is 38.3 Å². The number of hydrogen-bond donors (Lipinski definition) is 0. The van der Waals surface area contributed by atoms with Crippen molar-refractivity contribution in [1.82, 2.24) is 14.8 Å². The smallest absolute Gasteiger partial charge is 0.309 e. The SMILES string of the molecule is CC(=O)Oc1nn(-c2nc3cc(C)ccc3s2)c(=O)c2ccccc12. The second kappa shape index (κ2) is 5.78. The lowest BCUT2D eigenvalue weighted by atomic mass is 10.2. The molecule has 2 aromatic heterocycles. The number of benzene rings is 2. The zero-order valence-electron chi connectivity index (χ0n) is 13.5. The Hall–Kier alpha value is -3.06. The molecule has 0 aliphatic heterocycles. The van der Waals surface area contributed by atoms with Crippen molar-refractivity contribution in [3.63, 3.8) is 0 Å². The highest BCUT2D eigenvalue weighted by Crippen LogP contribution is 2.27. The molecule has 25 heavy (non-hydrogen) atoms. The third kappa shape index (κ3) is 2.68. The summed E-state index contributed by atoms with van der Waals surface area (Å²) in [4.78, 5) is 28.8. The second-order valence-corrected chi connectivity index (χ2v) is 6.64. The predicted molar refractivity (Wildman–Crippen MR) is 96.6 cm³/mol. The van der Waals surface area contributed by atoms with Crippen LogP contribution in [0.1, 0.15) is 12.5 Å². The van der Waals surface area contributed by atoms with Crippen LogP contribution in [0, 0.1) is 6.92 Å². The molecule has 0 saturated heterocycles. The van der Waals surface area contributed by atoms with Crippen LogP contribution in [0.25, 0.3) is 26.1 Å². The van der Waals surface area contributed by atoms with Crippen molar-refractivity contribution in [2.75, 3.05) is 0 Å². The van der Waals surface area contributed by atoms with Crippen LogP contribution in [0.15, 0.2) is 47.3 Å². The highest BCUT2D eigenvalue weighted by Gasteiger charge is 2.16. The van der Waals surface area contributed by atoms with Gasteiger partial charge in [-0.25, -0.2) is 4.98 Å². The number of carbonyl (C=O) groups excluding carboxylic acids is 1. The average Bonchev–Trinajstić information content (AvgIpc) is 3.00. The molecule has 0 unspecified atom stereocenters. The summed E-state index contributed by atoms with van der Waals surface area (Å²) >= 11 is 1.36. The Bertz CT molecular complexity index is 1190. The van der Waals surface area contributed by atoms with Crippen molar-refractivity contribution in [3.8, 4) is 11.0 Å². The first-order chi connectivity index (χ1) is 12.0.